The largest absolute Gasteiger partial charge is 0.370 e. The van der Waals surface area contributed by atoms with Gasteiger partial charge < -0.3 is 5.32 Å². The Labute approximate surface area is 98.2 Å². The molecule has 0 amide bonds. The molecule has 0 atom stereocenters. The highest BCUT2D eigenvalue weighted by Crippen LogP contribution is 2.27. The average Bonchev–Trinajstić information content (AvgIpc) is 2.17. The van der Waals surface area contributed by atoms with E-state index in [1.165, 1.54) is 0 Å². The van der Waals surface area contributed by atoms with Gasteiger partial charge in [0.25, 0.3) is 0 Å². The number of hydrogen-bond donors (Lipinski definition) is 1. The highest BCUT2D eigenvalue weighted by Gasteiger charge is 2.03. The Hall–Kier alpha value is -0.990. The van der Waals surface area contributed by atoms with Crippen molar-refractivity contribution >= 4 is 39.9 Å². The molecule has 1 heterocycles. The molecule has 1 N–H and O–H groups in total. The molecule has 0 saturated heterocycles. The summed E-state index contributed by atoms with van der Waals surface area (Å²) in [7, 11) is 0. The Kier molecular flexibility index (Phi) is 2.98. The maximum atomic E-state index is 6.05. The Balaban J connectivity index is 2.60. The van der Waals surface area contributed by atoms with Crippen LogP contribution in [-0.4, -0.2) is 11.5 Å². The van der Waals surface area contributed by atoms with Gasteiger partial charge in [0.2, 0.25) is 0 Å². The van der Waals surface area contributed by atoms with Gasteiger partial charge in [0.15, 0.2) is 0 Å². The van der Waals surface area contributed by atoms with Gasteiger partial charge in [-0.1, -0.05) is 23.2 Å². The number of aromatic nitrogens is 1. The molecule has 2 nitrogen and oxygen atoms in total. The van der Waals surface area contributed by atoms with Crippen molar-refractivity contribution in [3.8, 4) is 0 Å². The summed E-state index contributed by atoms with van der Waals surface area (Å²) < 4.78 is 0. The zero-order chi connectivity index (χ0) is 10.8. The fourth-order valence-corrected chi connectivity index (χ4v) is 1.98. The third-order valence-corrected chi connectivity index (χ3v) is 2.61. The van der Waals surface area contributed by atoms with Crippen LogP contribution in [0, 0.1) is 0 Å². The number of benzene rings is 1. The van der Waals surface area contributed by atoms with Crippen LogP contribution in [0.15, 0.2) is 24.3 Å². The minimum absolute atomic E-state index is 0.605. The van der Waals surface area contributed by atoms with Crippen LogP contribution in [0.4, 0.5) is 5.82 Å². The van der Waals surface area contributed by atoms with Crippen LogP contribution in [0.25, 0.3) is 10.9 Å². The van der Waals surface area contributed by atoms with Crippen LogP contribution in [0.1, 0.15) is 6.92 Å². The lowest BCUT2D eigenvalue weighted by atomic mass is 10.2. The van der Waals surface area contributed by atoms with Gasteiger partial charge in [0.05, 0.1) is 10.5 Å². The van der Waals surface area contributed by atoms with Crippen LogP contribution in [0.5, 0.6) is 0 Å². The molecule has 15 heavy (non-hydrogen) atoms. The van der Waals surface area contributed by atoms with E-state index in [4.69, 9.17) is 23.2 Å². The fourth-order valence-electron chi connectivity index (χ4n) is 1.44. The molecular formula is C11H10Cl2N2. The van der Waals surface area contributed by atoms with Crippen LogP contribution >= 0.6 is 23.2 Å². The van der Waals surface area contributed by atoms with Crippen LogP contribution < -0.4 is 5.32 Å². The topological polar surface area (TPSA) is 24.9 Å². The molecule has 0 fully saturated rings. The summed E-state index contributed by atoms with van der Waals surface area (Å²) in [4.78, 5) is 4.41. The van der Waals surface area contributed by atoms with Crippen molar-refractivity contribution in [1.82, 2.24) is 4.98 Å². The first-order valence-corrected chi connectivity index (χ1v) is 5.46. The van der Waals surface area contributed by atoms with Crippen molar-refractivity contribution in [2.45, 2.75) is 6.92 Å². The quantitative estimate of drug-likeness (QED) is 0.860. The van der Waals surface area contributed by atoms with E-state index in [-0.39, 0.29) is 0 Å². The Morgan fingerprint density at radius 3 is 2.80 bits per heavy atom. The van der Waals surface area contributed by atoms with Crippen LogP contribution in [-0.2, 0) is 0 Å². The summed E-state index contributed by atoms with van der Waals surface area (Å²) in [5.41, 5.74) is 0.811. The second kappa shape index (κ2) is 4.25. The molecule has 2 rings (SSSR count). The average molecular weight is 241 g/mol. The highest BCUT2D eigenvalue weighted by atomic mass is 35.5. The molecule has 0 unspecified atom stereocenters. The minimum atomic E-state index is 0.605. The third kappa shape index (κ3) is 2.16. The van der Waals surface area contributed by atoms with Gasteiger partial charge in [-0.2, -0.15) is 0 Å². The molecule has 1 aromatic carbocycles. The summed E-state index contributed by atoms with van der Waals surface area (Å²) in [6.07, 6.45) is 0. The van der Waals surface area contributed by atoms with Gasteiger partial charge >= 0.3 is 0 Å². The molecule has 1 aromatic heterocycles. The highest BCUT2D eigenvalue weighted by molar-refractivity contribution is 6.38. The number of halogens is 2. The van der Waals surface area contributed by atoms with Gasteiger partial charge in [-0.15, -0.1) is 0 Å². The predicted molar refractivity (Wildman–Crippen MR) is 65.9 cm³/mol. The molecule has 0 aliphatic heterocycles. The summed E-state index contributed by atoms with van der Waals surface area (Å²) >= 11 is 12.0. The molecule has 0 bridgehead atoms. The second-order valence-corrected chi connectivity index (χ2v) is 4.02. The van der Waals surface area contributed by atoms with Gasteiger partial charge in [-0.05, 0) is 31.2 Å². The number of nitrogens with zero attached hydrogens (tertiary/aromatic N) is 1. The van der Waals surface area contributed by atoms with Crippen LogP contribution in [0.2, 0.25) is 10.0 Å². The molecule has 0 radical (unpaired) electrons. The maximum Gasteiger partial charge on any atom is 0.126 e. The zero-order valence-corrected chi connectivity index (χ0v) is 9.73. The Bertz CT molecular complexity index is 497. The first-order valence-electron chi connectivity index (χ1n) is 4.70. The van der Waals surface area contributed by atoms with E-state index in [0.29, 0.717) is 10.0 Å². The lowest BCUT2D eigenvalue weighted by molar-refractivity contribution is 1.17. The molecule has 78 valence electrons. The SMILES string of the molecule is CCNc1ccc2c(Cl)cc(Cl)cc2n1. The van der Waals surface area contributed by atoms with Crippen molar-refractivity contribution in [3.05, 3.63) is 34.3 Å². The monoisotopic (exact) mass is 240 g/mol. The number of fused-ring (bicyclic) bond motifs is 1. The second-order valence-electron chi connectivity index (χ2n) is 3.18. The molecule has 0 spiro atoms. The van der Waals surface area contributed by atoms with E-state index in [2.05, 4.69) is 10.3 Å². The smallest absolute Gasteiger partial charge is 0.126 e. The molecule has 4 heteroatoms. The Morgan fingerprint density at radius 1 is 1.27 bits per heavy atom. The number of pyridine rings is 1. The molecular weight excluding hydrogens is 231 g/mol. The summed E-state index contributed by atoms with van der Waals surface area (Å²) in [5, 5.41) is 5.30. The van der Waals surface area contributed by atoms with Crippen molar-refractivity contribution < 1.29 is 0 Å². The van der Waals surface area contributed by atoms with E-state index >= 15 is 0 Å². The van der Waals surface area contributed by atoms with E-state index < -0.39 is 0 Å². The molecule has 0 saturated carbocycles. The standard InChI is InChI=1S/C11H10Cl2N2/c1-2-14-11-4-3-8-9(13)5-7(12)6-10(8)15-11/h3-6H,2H2,1H3,(H,14,15). The normalized spacial score (nSPS) is 10.6. The minimum Gasteiger partial charge on any atom is -0.370 e. The van der Waals surface area contributed by atoms with Crippen LogP contribution in [0.3, 0.4) is 0 Å². The van der Waals surface area contributed by atoms with Crippen molar-refractivity contribution in [1.29, 1.82) is 0 Å². The van der Waals surface area contributed by atoms with Gasteiger partial charge in [-0.3, -0.25) is 0 Å². The van der Waals surface area contributed by atoms with Crippen molar-refractivity contribution in [2.24, 2.45) is 0 Å². The van der Waals surface area contributed by atoms with Crippen molar-refractivity contribution in [2.75, 3.05) is 11.9 Å². The first-order chi connectivity index (χ1) is 7.20. The number of hydrogen-bond acceptors (Lipinski definition) is 2. The van der Waals surface area contributed by atoms with E-state index in [1.807, 2.05) is 25.1 Å². The summed E-state index contributed by atoms with van der Waals surface area (Å²) in [6, 6.07) is 7.38. The fraction of sp³-hybridized carbons (Fsp3) is 0.182. The van der Waals surface area contributed by atoms with E-state index in [9.17, 15) is 0 Å². The number of nitrogens with one attached hydrogen (secondary N) is 1. The maximum absolute atomic E-state index is 6.05. The number of rotatable bonds is 2. The zero-order valence-electron chi connectivity index (χ0n) is 8.22. The first kappa shape index (κ1) is 10.5. The lowest BCUT2D eigenvalue weighted by Gasteiger charge is -2.05. The summed E-state index contributed by atoms with van der Waals surface area (Å²) in [5.74, 6) is 0.836. The van der Waals surface area contributed by atoms with E-state index in [1.54, 1.807) is 6.07 Å². The lowest BCUT2D eigenvalue weighted by Crippen LogP contribution is -1.98. The number of anilines is 1. The van der Waals surface area contributed by atoms with Gasteiger partial charge in [0.1, 0.15) is 5.82 Å². The van der Waals surface area contributed by atoms with E-state index in [0.717, 1.165) is 23.3 Å². The molecule has 0 aliphatic rings. The Morgan fingerprint density at radius 2 is 2.07 bits per heavy atom. The summed E-state index contributed by atoms with van der Waals surface area (Å²) in [6.45, 7) is 2.86. The van der Waals surface area contributed by atoms with Gasteiger partial charge in [-0.25, -0.2) is 4.98 Å². The van der Waals surface area contributed by atoms with Crippen molar-refractivity contribution in [3.63, 3.8) is 0 Å². The third-order valence-electron chi connectivity index (χ3n) is 2.08. The molecule has 2 aromatic rings. The predicted octanol–water partition coefficient (Wildman–Crippen LogP) is 3.97. The van der Waals surface area contributed by atoms with Gasteiger partial charge in [0, 0.05) is 17.0 Å². The molecule has 0 aliphatic carbocycles.